The van der Waals surface area contributed by atoms with E-state index in [9.17, 15) is 0 Å². The van der Waals surface area contributed by atoms with Crippen molar-refractivity contribution in [2.75, 3.05) is 6.54 Å². The highest BCUT2D eigenvalue weighted by atomic mass is 35.5. The Morgan fingerprint density at radius 3 is 2.29 bits per heavy atom. The zero-order valence-electron chi connectivity index (χ0n) is 13.1. The van der Waals surface area contributed by atoms with Gasteiger partial charge < -0.3 is 10.1 Å². The molecule has 21 heavy (non-hydrogen) atoms. The van der Waals surface area contributed by atoms with Crippen molar-refractivity contribution in [3.05, 3.63) is 57.6 Å². The second-order valence-electron chi connectivity index (χ2n) is 5.35. The van der Waals surface area contributed by atoms with Crippen LogP contribution in [0.4, 0.5) is 0 Å². The lowest BCUT2D eigenvalue weighted by Gasteiger charge is -2.15. The van der Waals surface area contributed by atoms with Crippen molar-refractivity contribution in [2.45, 2.75) is 34.2 Å². The zero-order chi connectivity index (χ0) is 15.4. The first-order chi connectivity index (χ1) is 10.0. The van der Waals surface area contributed by atoms with E-state index in [1.807, 2.05) is 26.0 Å². The van der Waals surface area contributed by atoms with Crippen molar-refractivity contribution < 1.29 is 4.74 Å². The standard InChI is InChI=1S/C18H22ClNO/c1-5-20-11-15-7-6-12(2)17(10-15)21-18-13(3)8-16(19)9-14(18)4/h6-10,20H,5,11H2,1-4H3. The van der Waals surface area contributed by atoms with Crippen LogP contribution in [0.5, 0.6) is 11.5 Å². The zero-order valence-corrected chi connectivity index (χ0v) is 13.8. The van der Waals surface area contributed by atoms with E-state index in [1.165, 1.54) is 5.56 Å². The van der Waals surface area contributed by atoms with E-state index in [1.54, 1.807) is 0 Å². The molecule has 2 nitrogen and oxygen atoms in total. The molecule has 2 aromatic carbocycles. The average molecular weight is 304 g/mol. The Labute approximate surface area is 132 Å². The Morgan fingerprint density at radius 1 is 1.00 bits per heavy atom. The molecule has 0 radical (unpaired) electrons. The molecule has 0 spiro atoms. The number of benzene rings is 2. The van der Waals surface area contributed by atoms with Crippen LogP contribution in [0.15, 0.2) is 30.3 Å². The molecule has 0 amide bonds. The van der Waals surface area contributed by atoms with Gasteiger partial charge in [-0.3, -0.25) is 0 Å². The Kier molecular flexibility index (Phi) is 5.27. The minimum Gasteiger partial charge on any atom is -0.457 e. The first kappa shape index (κ1) is 15.9. The van der Waals surface area contributed by atoms with Gasteiger partial charge in [0.1, 0.15) is 11.5 Å². The smallest absolute Gasteiger partial charge is 0.133 e. The van der Waals surface area contributed by atoms with E-state index in [4.69, 9.17) is 16.3 Å². The number of halogens is 1. The van der Waals surface area contributed by atoms with Crippen LogP contribution in [0.25, 0.3) is 0 Å². The van der Waals surface area contributed by atoms with Crippen molar-refractivity contribution in [3.63, 3.8) is 0 Å². The summed E-state index contributed by atoms with van der Waals surface area (Å²) in [5.41, 5.74) is 4.46. The number of hydrogen-bond acceptors (Lipinski definition) is 2. The molecule has 1 N–H and O–H groups in total. The molecule has 0 saturated carbocycles. The molecule has 2 rings (SSSR count). The lowest BCUT2D eigenvalue weighted by Crippen LogP contribution is -2.11. The topological polar surface area (TPSA) is 21.3 Å². The highest BCUT2D eigenvalue weighted by Gasteiger charge is 2.09. The summed E-state index contributed by atoms with van der Waals surface area (Å²) < 4.78 is 6.16. The molecule has 0 bridgehead atoms. The normalized spacial score (nSPS) is 10.7. The van der Waals surface area contributed by atoms with Gasteiger partial charge in [0, 0.05) is 11.6 Å². The van der Waals surface area contributed by atoms with Crippen LogP contribution in [0.3, 0.4) is 0 Å². The molecule has 0 saturated heterocycles. The van der Waals surface area contributed by atoms with Gasteiger partial charge in [0.05, 0.1) is 0 Å². The van der Waals surface area contributed by atoms with Crippen molar-refractivity contribution in [1.29, 1.82) is 0 Å². The molecule has 0 heterocycles. The Hall–Kier alpha value is -1.51. The first-order valence-corrected chi connectivity index (χ1v) is 7.64. The molecule has 0 fully saturated rings. The summed E-state index contributed by atoms with van der Waals surface area (Å²) in [6.45, 7) is 10.0. The summed E-state index contributed by atoms with van der Waals surface area (Å²) in [6.07, 6.45) is 0. The predicted octanol–water partition coefficient (Wildman–Crippen LogP) is 5.17. The highest BCUT2D eigenvalue weighted by molar-refractivity contribution is 6.30. The quantitative estimate of drug-likeness (QED) is 0.823. The fourth-order valence-electron chi connectivity index (χ4n) is 2.30. The predicted molar refractivity (Wildman–Crippen MR) is 89.6 cm³/mol. The van der Waals surface area contributed by atoms with Crippen LogP contribution < -0.4 is 10.1 Å². The van der Waals surface area contributed by atoms with Gasteiger partial charge in [-0.25, -0.2) is 0 Å². The second-order valence-corrected chi connectivity index (χ2v) is 5.79. The summed E-state index contributed by atoms with van der Waals surface area (Å²) >= 11 is 6.08. The third-order valence-corrected chi connectivity index (χ3v) is 3.69. The highest BCUT2D eigenvalue weighted by Crippen LogP contribution is 2.33. The lowest BCUT2D eigenvalue weighted by molar-refractivity contribution is 0.470. The van der Waals surface area contributed by atoms with E-state index >= 15 is 0 Å². The molecule has 0 aliphatic carbocycles. The molecular weight excluding hydrogens is 282 g/mol. The van der Waals surface area contributed by atoms with Crippen molar-refractivity contribution >= 4 is 11.6 Å². The van der Waals surface area contributed by atoms with Crippen molar-refractivity contribution in [3.8, 4) is 11.5 Å². The molecule has 3 heteroatoms. The number of hydrogen-bond donors (Lipinski definition) is 1. The van der Waals surface area contributed by atoms with Crippen LogP contribution >= 0.6 is 11.6 Å². The van der Waals surface area contributed by atoms with Gasteiger partial charge in [-0.2, -0.15) is 0 Å². The third-order valence-electron chi connectivity index (χ3n) is 3.47. The van der Waals surface area contributed by atoms with Gasteiger partial charge in [0.2, 0.25) is 0 Å². The summed E-state index contributed by atoms with van der Waals surface area (Å²) in [4.78, 5) is 0. The summed E-state index contributed by atoms with van der Waals surface area (Å²) in [5, 5.41) is 4.08. The number of aryl methyl sites for hydroxylation is 3. The Morgan fingerprint density at radius 2 is 1.67 bits per heavy atom. The van der Waals surface area contributed by atoms with Gasteiger partial charge in [-0.1, -0.05) is 30.7 Å². The Balaban J connectivity index is 2.31. The number of ether oxygens (including phenoxy) is 1. The van der Waals surface area contributed by atoms with Crippen LogP contribution in [-0.4, -0.2) is 6.54 Å². The largest absolute Gasteiger partial charge is 0.457 e. The SMILES string of the molecule is CCNCc1ccc(C)c(Oc2c(C)cc(Cl)cc2C)c1. The fraction of sp³-hybridized carbons (Fsp3) is 0.333. The molecule has 0 aliphatic heterocycles. The summed E-state index contributed by atoms with van der Waals surface area (Å²) in [6, 6.07) is 10.2. The van der Waals surface area contributed by atoms with E-state index in [2.05, 4.69) is 37.4 Å². The maximum absolute atomic E-state index is 6.16. The van der Waals surface area contributed by atoms with Gasteiger partial charge in [0.25, 0.3) is 0 Å². The fourth-order valence-corrected chi connectivity index (χ4v) is 2.63. The van der Waals surface area contributed by atoms with Crippen LogP contribution in [0.1, 0.15) is 29.2 Å². The molecule has 0 unspecified atom stereocenters. The van der Waals surface area contributed by atoms with Gasteiger partial charge >= 0.3 is 0 Å². The minimum absolute atomic E-state index is 0.745. The maximum Gasteiger partial charge on any atom is 0.133 e. The van der Waals surface area contributed by atoms with Gasteiger partial charge in [0.15, 0.2) is 0 Å². The molecule has 0 atom stereocenters. The lowest BCUT2D eigenvalue weighted by atomic mass is 10.1. The van der Waals surface area contributed by atoms with Crippen molar-refractivity contribution in [1.82, 2.24) is 5.32 Å². The third kappa shape index (κ3) is 3.99. The van der Waals surface area contributed by atoms with E-state index in [0.29, 0.717) is 0 Å². The van der Waals surface area contributed by atoms with Crippen molar-refractivity contribution in [2.24, 2.45) is 0 Å². The summed E-state index contributed by atoms with van der Waals surface area (Å²) in [7, 11) is 0. The molecule has 0 aliphatic rings. The van der Waals surface area contributed by atoms with Gasteiger partial charge in [-0.05, 0) is 67.8 Å². The van der Waals surface area contributed by atoms with E-state index in [-0.39, 0.29) is 0 Å². The monoisotopic (exact) mass is 303 g/mol. The molecule has 112 valence electrons. The van der Waals surface area contributed by atoms with E-state index < -0.39 is 0 Å². The van der Waals surface area contributed by atoms with E-state index in [0.717, 1.165) is 46.3 Å². The number of rotatable bonds is 5. The second kappa shape index (κ2) is 6.97. The van der Waals surface area contributed by atoms with Crippen LogP contribution in [0, 0.1) is 20.8 Å². The number of nitrogens with one attached hydrogen (secondary N) is 1. The average Bonchev–Trinajstić information content (AvgIpc) is 2.43. The maximum atomic E-state index is 6.16. The molecule has 0 aromatic heterocycles. The van der Waals surface area contributed by atoms with Crippen LogP contribution in [0.2, 0.25) is 5.02 Å². The van der Waals surface area contributed by atoms with Gasteiger partial charge in [-0.15, -0.1) is 0 Å². The van der Waals surface area contributed by atoms with Crippen LogP contribution in [-0.2, 0) is 6.54 Å². The summed E-state index contributed by atoms with van der Waals surface area (Å²) in [5.74, 6) is 1.79. The minimum atomic E-state index is 0.745. The Bertz CT molecular complexity index is 614. The molecular formula is C18H22ClNO. The first-order valence-electron chi connectivity index (χ1n) is 7.26. The molecule has 2 aromatic rings.